The third-order valence-electron chi connectivity index (χ3n) is 3.69. The second kappa shape index (κ2) is 4.10. The fourth-order valence-electron chi connectivity index (χ4n) is 2.24. The van der Waals surface area contributed by atoms with Crippen molar-refractivity contribution < 1.29 is 4.74 Å². The van der Waals surface area contributed by atoms with Gasteiger partial charge in [0.15, 0.2) is 5.13 Å². The number of anilines is 2. The Labute approximate surface area is 110 Å². The van der Waals surface area contributed by atoms with Crippen LogP contribution in [0.4, 0.5) is 10.8 Å². The lowest BCUT2D eigenvalue weighted by atomic mass is 9.95. The number of nitrogen functional groups attached to an aromatic ring is 1. The molecule has 0 radical (unpaired) electrons. The van der Waals surface area contributed by atoms with Gasteiger partial charge in [-0.1, -0.05) is 11.3 Å². The summed E-state index contributed by atoms with van der Waals surface area (Å²) in [6.45, 7) is 5.10. The Hall–Kier alpha value is -1.33. The lowest BCUT2D eigenvalue weighted by Crippen LogP contribution is -2.41. The molecule has 3 rings (SSSR count). The molecule has 0 bridgehead atoms. The third kappa shape index (κ3) is 1.93. The van der Waals surface area contributed by atoms with Crippen molar-refractivity contribution in [2.75, 3.05) is 17.7 Å². The maximum atomic E-state index is 5.78. The normalized spacial score (nSPS) is 27.8. The van der Waals surface area contributed by atoms with E-state index < -0.39 is 0 Å². The molecule has 0 amide bonds. The Morgan fingerprint density at radius 3 is 3.11 bits per heavy atom. The van der Waals surface area contributed by atoms with Gasteiger partial charge in [0.05, 0.1) is 21.9 Å². The first-order valence-electron chi connectivity index (χ1n) is 6.13. The molecule has 1 aliphatic rings. The van der Waals surface area contributed by atoms with Gasteiger partial charge in [-0.25, -0.2) is 4.98 Å². The minimum atomic E-state index is -0.0284. The van der Waals surface area contributed by atoms with Crippen molar-refractivity contribution in [1.82, 2.24) is 4.98 Å². The quantitative estimate of drug-likeness (QED) is 0.818. The van der Waals surface area contributed by atoms with Crippen molar-refractivity contribution in [3.63, 3.8) is 0 Å². The molecule has 2 aromatic rings. The first kappa shape index (κ1) is 11.7. The first-order chi connectivity index (χ1) is 8.57. The van der Waals surface area contributed by atoms with E-state index in [1.165, 1.54) is 0 Å². The highest BCUT2D eigenvalue weighted by Crippen LogP contribution is 2.33. The van der Waals surface area contributed by atoms with Crippen LogP contribution in [0.3, 0.4) is 0 Å². The van der Waals surface area contributed by atoms with Gasteiger partial charge in [-0.15, -0.1) is 0 Å². The van der Waals surface area contributed by atoms with E-state index >= 15 is 0 Å². The summed E-state index contributed by atoms with van der Waals surface area (Å²) >= 11 is 1.64. The molecule has 4 nitrogen and oxygen atoms in total. The van der Waals surface area contributed by atoms with Crippen molar-refractivity contribution in [1.29, 1.82) is 0 Å². The highest BCUT2D eigenvalue weighted by atomic mass is 32.1. The van der Waals surface area contributed by atoms with Gasteiger partial charge >= 0.3 is 0 Å². The number of hydrogen-bond donors (Lipinski definition) is 2. The molecule has 0 spiro atoms. The first-order valence-corrected chi connectivity index (χ1v) is 6.94. The van der Waals surface area contributed by atoms with E-state index in [1.807, 2.05) is 18.2 Å². The van der Waals surface area contributed by atoms with Crippen LogP contribution in [0.2, 0.25) is 0 Å². The molecule has 0 saturated carbocycles. The van der Waals surface area contributed by atoms with E-state index in [2.05, 4.69) is 24.1 Å². The maximum Gasteiger partial charge on any atom is 0.184 e. The summed E-state index contributed by atoms with van der Waals surface area (Å²) in [5, 5.41) is 4.46. The average Bonchev–Trinajstić information content (AvgIpc) is 2.83. The summed E-state index contributed by atoms with van der Waals surface area (Å²) in [5.74, 6) is 0. The van der Waals surface area contributed by atoms with Crippen LogP contribution in [0.15, 0.2) is 18.2 Å². The summed E-state index contributed by atoms with van der Waals surface area (Å²) in [6, 6.07) is 5.81. The predicted octanol–water partition coefficient (Wildman–Crippen LogP) is 2.86. The molecule has 2 unspecified atom stereocenters. The maximum absolute atomic E-state index is 5.78. The Morgan fingerprint density at radius 2 is 2.39 bits per heavy atom. The van der Waals surface area contributed by atoms with Crippen LogP contribution in [0, 0.1) is 0 Å². The SMILES string of the molecule is CC1OCCC1(C)Nc1nc2ccc(N)cc2s1. The van der Waals surface area contributed by atoms with Gasteiger partial charge in [-0.05, 0) is 38.5 Å². The van der Waals surface area contributed by atoms with Crippen LogP contribution in [0.1, 0.15) is 20.3 Å². The molecule has 1 aromatic carbocycles. The standard InChI is InChI=1S/C13H17N3OS/c1-8-13(2,5-6-17-8)16-12-15-10-4-3-9(14)7-11(10)18-12/h3-4,7-8H,5-6,14H2,1-2H3,(H,15,16). The van der Waals surface area contributed by atoms with Crippen molar-refractivity contribution in [2.45, 2.75) is 31.9 Å². The van der Waals surface area contributed by atoms with Gasteiger partial charge in [-0.3, -0.25) is 0 Å². The van der Waals surface area contributed by atoms with E-state index in [4.69, 9.17) is 10.5 Å². The van der Waals surface area contributed by atoms with Gasteiger partial charge in [0.25, 0.3) is 0 Å². The number of rotatable bonds is 2. The molecule has 1 aromatic heterocycles. The Bertz CT molecular complexity index is 583. The number of benzene rings is 1. The zero-order chi connectivity index (χ0) is 12.8. The zero-order valence-electron chi connectivity index (χ0n) is 10.6. The lowest BCUT2D eigenvalue weighted by molar-refractivity contribution is 0.105. The molecule has 1 aliphatic heterocycles. The highest BCUT2D eigenvalue weighted by molar-refractivity contribution is 7.22. The summed E-state index contributed by atoms with van der Waals surface area (Å²) < 4.78 is 6.75. The number of aromatic nitrogens is 1. The van der Waals surface area contributed by atoms with Crippen LogP contribution in [-0.2, 0) is 4.74 Å². The second-order valence-corrected chi connectivity index (χ2v) is 6.08. The Morgan fingerprint density at radius 1 is 1.56 bits per heavy atom. The fourth-order valence-corrected chi connectivity index (χ4v) is 3.29. The van der Waals surface area contributed by atoms with E-state index in [1.54, 1.807) is 11.3 Å². The van der Waals surface area contributed by atoms with E-state index in [9.17, 15) is 0 Å². The van der Waals surface area contributed by atoms with Gasteiger partial charge in [0, 0.05) is 12.3 Å². The largest absolute Gasteiger partial charge is 0.399 e. The topological polar surface area (TPSA) is 60.2 Å². The molecule has 1 saturated heterocycles. The number of thiazole rings is 1. The molecular weight excluding hydrogens is 246 g/mol. The zero-order valence-corrected chi connectivity index (χ0v) is 11.4. The molecule has 2 atom stereocenters. The van der Waals surface area contributed by atoms with Crippen LogP contribution >= 0.6 is 11.3 Å². The molecule has 1 fully saturated rings. The third-order valence-corrected chi connectivity index (χ3v) is 4.63. The predicted molar refractivity (Wildman–Crippen MR) is 76.1 cm³/mol. The number of fused-ring (bicyclic) bond motifs is 1. The van der Waals surface area contributed by atoms with Crippen molar-refractivity contribution >= 4 is 32.4 Å². The van der Waals surface area contributed by atoms with Gasteiger partial charge in [0.1, 0.15) is 0 Å². The molecule has 3 N–H and O–H groups in total. The van der Waals surface area contributed by atoms with Gasteiger partial charge in [-0.2, -0.15) is 0 Å². The number of nitrogens with one attached hydrogen (secondary N) is 1. The van der Waals surface area contributed by atoms with E-state index in [0.717, 1.165) is 34.1 Å². The molecule has 5 heteroatoms. The summed E-state index contributed by atoms with van der Waals surface area (Å²) in [4.78, 5) is 4.59. The Balaban J connectivity index is 1.91. The van der Waals surface area contributed by atoms with E-state index in [-0.39, 0.29) is 11.6 Å². The monoisotopic (exact) mass is 263 g/mol. The fraction of sp³-hybridized carbons (Fsp3) is 0.462. The minimum absolute atomic E-state index is 0.0284. The number of hydrogen-bond acceptors (Lipinski definition) is 5. The number of nitrogens with zero attached hydrogens (tertiary/aromatic N) is 1. The van der Waals surface area contributed by atoms with Crippen molar-refractivity contribution in [3.05, 3.63) is 18.2 Å². The smallest absolute Gasteiger partial charge is 0.184 e. The molecule has 2 heterocycles. The van der Waals surface area contributed by atoms with Crippen molar-refractivity contribution in [2.24, 2.45) is 0 Å². The summed E-state index contributed by atoms with van der Waals surface area (Å²) in [6.07, 6.45) is 1.21. The lowest BCUT2D eigenvalue weighted by Gasteiger charge is -2.28. The van der Waals surface area contributed by atoms with Crippen LogP contribution in [0.5, 0.6) is 0 Å². The van der Waals surface area contributed by atoms with Crippen LogP contribution < -0.4 is 11.1 Å². The molecule has 0 aliphatic carbocycles. The summed E-state index contributed by atoms with van der Waals surface area (Å²) in [5.41, 5.74) is 7.53. The number of nitrogens with two attached hydrogens (primary N) is 1. The molecule has 96 valence electrons. The van der Waals surface area contributed by atoms with Crippen LogP contribution in [0.25, 0.3) is 10.2 Å². The molecular formula is C13H17N3OS. The second-order valence-electron chi connectivity index (χ2n) is 5.05. The minimum Gasteiger partial charge on any atom is -0.399 e. The molecule has 18 heavy (non-hydrogen) atoms. The Kier molecular flexibility index (Phi) is 2.68. The average molecular weight is 263 g/mol. The highest BCUT2D eigenvalue weighted by Gasteiger charge is 2.37. The van der Waals surface area contributed by atoms with Gasteiger partial charge in [0.2, 0.25) is 0 Å². The van der Waals surface area contributed by atoms with E-state index in [0.29, 0.717) is 0 Å². The van der Waals surface area contributed by atoms with Crippen LogP contribution in [-0.4, -0.2) is 23.2 Å². The summed E-state index contributed by atoms with van der Waals surface area (Å²) in [7, 11) is 0. The van der Waals surface area contributed by atoms with Gasteiger partial charge < -0.3 is 15.8 Å². The number of ether oxygens (including phenoxy) is 1. The van der Waals surface area contributed by atoms with Crippen molar-refractivity contribution in [3.8, 4) is 0 Å².